The van der Waals surface area contributed by atoms with Gasteiger partial charge < -0.3 is 10.2 Å². The van der Waals surface area contributed by atoms with Crippen LogP contribution in [0.2, 0.25) is 0 Å². The fourth-order valence-electron chi connectivity index (χ4n) is 10.6. The van der Waals surface area contributed by atoms with Crippen LogP contribution in [-0.2, 0) is 14.4 Å². The molecule has 0 aromatic heterocycles. The van der Waals surface area contributed by atoms with E-state index in [1.807, 2.05) is 26.8 Å². The molecule has 0 radical (unpaired) electrons. The van der Waals surface area contributed by atoms with Gasteiger partial charge >= 0.3 is 5.97 Å². The minimum Gasteiger partial charge on any atom is -0.481 e. The number of Topliss-reactive ketones (excluding diaryl/α,β-unsaturated/α-hetero) is 1. The largest absolute Gasteiger partial charge is 0.481 e. The highest BCUT2D eigenvalue weighted by atomic mass is 16.4. The zero-order chi connectivity index (χ0) is 27.6. The van der Waals surface area contributed by atoms with Crippen LogP contribution in [0, 0.1) is 61.6 Å². The van der Waals surface area contributed by atoms with Crippen molar-refractivity contribution in [2.45, 2.75) is 105 Å². The van der Waals surface area contributed by atoms with E-state index in [0.29, 0.717) is 19.3 Å². The normalized spacial score (nSPS) is 49.9. The van der Waals surface area contributed by atoms with Crippen molar-refractivity contribution in [1.29, 1.82) is 5.26 Å². The standard InChI is InChI=1S/C31H43NO5/c1-25(2)10-12-30(24(35)36)13-11-29(7)22(18(30)15-25)19(33)14-21-27(5)16-31(37,17-32)23(34)26(3,4)20(27)8-9-28(21,29)6/h14,18,20,22,37H,8-13,15-16H2,1-7H3,(H,35,36)/t18?,20-,22?,27-,28+,29+,30-,31-/m0/s1. The van der Waals surface area contributed by atoms with Crippen molar-refractivity contribution in [2.75, 3.05) is 0 Å². The van der Waals surface area contributed by atoms with Crippen LogP contribution in [0.1, 0.15) is 99.8 Å². The molecule has 0 spiro atoms. The van der Waals surface area contributed by atoms with Crippen LogP contribution < -0.4 is 0 Å². The van der Waals surface area contributed by atoms with E-state index in [-0.39, 0.29) is 35.4 Å². The number of carboxylic acids is 1. The van der Waals surface area contributed by atoms with Crippen molar-refractivity contribution in [3.05, 3.63) is 11.6 Å². The van der Waals surface area contributed by atoms with Gasteiger partial charge in [0.25, 0.3) is 0 Å². The molecule has 0 saturated heterocycles. The molecule has 0 aromatic carbocycles. The molecule has 6 heteroatoms. The number of hydrogen-bond donors (Lipinski definition) is 2. The Morgan fingerprint density at radius 3 is 2.22 bits per heavy atom. The van der Waals surface area contributed by atoms with Crippen molar-refractivity contribution in [1.82, 2.24) is 0 Å². The van der Waals surface area contributed by atoms with Gasteiger partial charge in [-0.15, -0.1) is 0 Å². The van der Waals surface area contributed by atoms with Crippen molar-refractivity contribution < 1.29 is 24.6 Å². The third-order valence-corrected chi connectivity index (χ3v) is 12.7. The second-order valence-electron chi connectivity index (χ2n) is 15.3. The Balaban J connectivity index is 1.69. The van der Waals surface area contributed by atoms with Gasteiger partial charge in [-0.3, -0.25) is 14.4 Å². The minimum atomic E-state index is -2.09. The number of aliphatic hydroxyl groups is 1. The van der Waals surface area contributed by atoms with E-state index in [1.54, 1.807) is 6.08 Å². The molecule has 0 heterocycles. The maximum atomic E-state index is 14.3. The van der Waals surface area contributed by atoms with Gasteiger partial charge in [0.15, 0.2) is 11.6 Å². The molecule has 5 aliphatic carbocycles. The van der Waals surface area contributed by atoms with Crippen LogP contribution in [0.5, 0.6) is 0 Å². The fraction of sp³-hybridized carbons (Fsp3) is 0.806. The quantitative estimate of drug-likeness (QED) is 0.452. The Labute approximate surface area is 220 Å². The first-order valence-electron chi connectivity index (χ1n) is 14.0. The van der Waals surface area contributed by atoms with E-state index in [2.05, 4.69) is 27.7 Å². The molecule has 4 saturated carbocycles. The highest BCUT2D eigenvalue weighted by Gasteiger charge is 2.73. The molecule has 0 amide bonds. The summed E-state index contributed by atoms with van der Waals surface area (Å²) in [5.41, 5.74) is -4.43. The summed E-state index contributed by atoms with van der Waals surface area (Å²) in [5, 5.41) is 31.6. The Kier molecular flexibility index (Phi) is 5.28. The number of nitriles is 1. The number of allylic oxidation sites excluding steroid dienone is 2. The van der Waals surface area contributed by atoms with Gasteiger partial charge in [-0.25, -0.2) is 0 Å². The molecule has 8 atom stereocenters. The van der Waals surface area contributed by atoms with E-state index in [9.17, 15) is 29.9 Å². The lowest BCUT2D eigenvalue weighted by atomic mass is 9.33. The number of carbonyl (C=O) groups is 3. The first kappa shape index (κ1) is 26.6. The SMILES string of the molecule is CC1(C)CC[C@]2(C(=O)O)CC[C@]3(C)C(C(=O)C=C4[C@@]5(C)C[C@](O)(C#N)C(=O)C(C)(C)[C@@H]5CC[C@]43C)C2C1. The minimum absolute atomic E-state index is 0.0000728. The Bertz CT molecular complexity index is 1180. The van der Waals surface area contributed by atoms with Crippen molar-refractivity contribution in [3.8, 4) is 6.07 Å². The van der Waals surface area contributed by atoms with E-state index in [4.69, 9.17) is 0 Å². The topological polar surface area (TPSA) is 115 Å². The Morgan fingerprint density at radius 2 is 1.62 bits per heavy atom. The van der Waals surface area contributed by atoms with Crippen LogP contribution in [0.4, 0.5) is 0 Å². The highest BCUT2D eigenvalue weighted by Crippen LogP contribution is 2.75. The van der Waals surface area contributed by atoms with E-state index in [0.717, 1.165) is 31.3 Å². The monoisotopic (exact) mass is 509 g/mol. The summed E-state index contributed by atoms with van der Waals surface area (Å²) in [6.45, 7) is 14.5. The number of nitrogens with zero attached hydrogens (tertiary/aromatic N) is 1. The van der Waals surface area contributed by atoms with Crippen LogP contribution >= 0.6 is 0 Å². The highest BCUT2D eigenvalue weighted by molar-refractivity contribution is 5.98. The molecule has 4 fully saturated rings. The van der Waals surface area contributed by atoms with Crippen LogP contribution in [-0.4, -0.2) is 33.3 Å². The Morgan fingerprint density at radius 1 is 1.00 bits per heavy atom. The van der Waals surface area contributed by atoms with Gasteiger partial charge in [-0.2, -0.15) is 5.26 Å². The molecule has 0 bridgehead atoms. The van der Waals surface area contributed by atoms with E-state index >= 15 is 0 Å². The van der Waals surface area contributed by atoms with Crippen molar-refractivity contribution in [3.63, 3.8) is 0 Å². The zero-order valence-electron chi connectivity index (χ0n) is 23.5. The first-order valence-corrected chi connectivity index (χ1v) is 14.0. The van der Waals surface area contributed by atoms with Crippen LogP contribution in [0.25, 0.3) is 0 Å². The zero-order valence-corrected chi connectivity index (χ0v) is 23.5. The predicted octanol–water partition coefficient (Wildman–Crippen LogP) is 5.49. The van der Waals surface area contributed by atoms with Crippen molar-refractivity contribution >= 4 is 17.5 Å². The van der Waals surface area contributed by atoms with Gasteiger partial charge in [0.05, 0.1) is 5.41 Å². The third kappa shape index (κ3) is 3.04. The summed E-state index contributed by atoms with van der Waals surface area (Å²) in [5.74, 6) is -1.87. The predicted molar refractivity (Wildman–Crippen MR) is 138 cm³/mol. The third-order valence-electron chi connectivity index (χ3n) is 12.7. The number of carboxylic acid groups (broad SMARTS) is 1. The average molecular weight is 510 g/mol. The molecule has 2 N–H and O–H groups in total. The number of carbonyl (C=O) groups excluding carboxylic acids is 2. The molecule has 37 heavy (non-hydrogen) atoms. The number of fused-ring (bicyclic) bond motifs is 7. The van der Waals surface area contributed by atoms with Crippen LogP contribution in [0.3, 0.4) is 0 Å². The summed E-state index contributed by atoms with van der Waals surface area (Å²) in [7, 11) is 0. The van der Waals surface area contributed by atoms with Gasteiger partial charge in [0.2, 0.25) is 5.60 Å². The lowest BCUT2D eigenvalue weighted by Gasteiger charge is -2.69. The van der Waals surface area contributed by atoms with E-state index in [1.165, 1.54) is 0 Å². The molecule has 5 aliphatic rings. The summed E-state index contributed by atoms with van der Waals surface area (Å²) < 4.78 is 0. The first-order chi connectivity index (χ1) is 16.8. The molecule has 2 unspecified atom stereocenters. The number of ketones is 2. The van der Waals surface area contributed by atoms with Gasteiger partial charge in [-0.05, 0) is 84.5 Å². The maximum absolute atomic E-state index is 14.3. The smallest absolute Gasteiger partial charge is 0.309 e. The summed E-state index contributed by atoms with van der Waals surface area (Å²) >= 11 is 0. The van der Waals surface area contributed by atoms with Gasteiger partial charge in [0, 0.05) is 17.8 Å². The Hall–Kier alpha value is -2.00. The maximum Gasteiger partial charge on any atom is 0.309 e. The molecule has 0 aliphatic heterocycles. The summed E-state index contributed by atoms with van der Waals surface area (Å²) in [6.07, 6.45) is 6.75. The molecule has 0 aromatic rings. The number of hydrogen-bond acceptors (Lipinski definition) is 5. The summed E-state index contributed by atoms with van der Waals surface area (Å²) in [4.78, 5) is 40.4. The molecule has 5 rings (SSSR count). The molecule has 202 valence electrons. The van der Waals surface area contributed by atoms with Gasteiger partial charge in [0.1, 0.15) is 6.07 Å². The second-order valence-corrected chi connectivity index (χ2v) is 15.3. The van der Waals surface area contributed by atoms with Crippen LogP contribution in [0.15, 0.2) is 11.6 Å². The number of rotatable bonds is 1. The van der Waals surface area contributed by atoms with Gasteiger partial charge in [-0.1, -0.05) is 54.0 Å². The second kappa shape index (κ2) is 7.34. The average Bonchev–Trinajstić information content (AvgIpc) is 2.78. The summed E-state index contributed by atoms with van der Waals surface area (Å²) in [6, 6.07) is 1.92. The lowest BCUT2D eigenvalue weighted by molar-refractivity contribution is -0.194. The fourth-order valence-corrected chi connectivity index (χ4v) is 10.6. The number of aliphatic carboxylic acids is 1. The molecule has 6 nitrogen and oxygen atoms in total. The molecular formula is C31H43NO5. The molecular weight excluding hydrogens is 466 g/mol. The van der Waals surface area contributed by atoms with Crippen molar-refractivity contribution in [2.24, 2.45) is 50.2 Å². The van der Waals surface area contributed by atoms with E-state index < -0.39 is 44.4 Å². The lowest BCUT2D eigenvalue weighted by Crippen LogP contribution is -2.68.